The van der Waals surface area contributed by atoms with E-state index >= 15 is 0 Å². The minimum atomic E-state index is 0.828. The van der Waals surface area contributed by atoms with Crippen molar-refractivity contribution in [1.82, 2.24) is 4.98 Å². The van der Waals surface area contributed by atoms with Crippen molar-refractivity contribution in [3.8, 4) is 11.5 Å². The molecule has 0 aliphatic rings. The topological polar surface area (TPSA) is 31.4 Å². The van der Waals surface area contributed by atoms with Crippen LogP contribution in [0.25, 0.3) is 23.3 Å². The molecule has 0 aliphatic heterocycles. The highest BCUT2D eigenvalue weighted by atomic mass is 16.5. The summed E-state index contributed by atoms with van der Waals surface area (Å²) in [5.74, 6) is 1.66. The standard InChI is InChI=1S/C35H29NO2/c1-37-32-18-14-30(15-19-32)35(31-16-20-33(38-2)21-17-31)34(28-6-4-3-5-7-28)29-12-10-26(11-13-29)8-9-27-22-24-36-25-23-27/h3-25H,1-2H3/b9-8+. The van der Waals surface area contributed by atoms with Crippen molar-refractivity contribution >= 4 is 23.3 Å². The summed E-state index contributed by atoms with van der Waals surface area (Å²) in [4.78, 5) is 4.09. The van der Waals surface area contributed by atoms with Crippen LogP contribution in [0, 0.1) is 0 Å². The van der Waals surface area contributed by atoms with Crippen molar-refractivity contribution in [3.63, 3.8) is 0 Å². The highest BCUT2D eigenvalue weighted by Gasteiger charge is 2.16. The van der Waals surface area contributed by atoms with Gasteiger partial charge in [-0.2, -0.15) is 0 Å². The monoisotopic (exact) mass is 495 g/mol. The lowest BCUT2D eigenvalue weighted by Gasteiger charge is -2.19. The van der Waals surface area contributed by atoms with Crippen molar-refractivity contribution in [2.24, 2.45) is 0 Å². The van der Waals surface area contributed by atoms with Gasteiger partial charge < -0.3 is 9.47 Å². The molecule has 0 saturated heterocycles. The normalized spacial score (nSPS) is 10.8. The number of hydrogen-bond acceptors (Lipinski definition) is 3. The molecule has 38 heavy (non-hydrogen) atoms. The first-order valence-electron chi connectivity index (χ1n) is 12.5. The second-order valence-electron chi connectivity index (χ2n) is 8.81. The Balaban J connectivity index is 1.67. The van der Waals surface area contributed by atoms with Crippen LogP contribution in [0.15, 0.2) is 128 Å². The van der Waals surface area contributed by atoms with Crippen LogP contribution in [0.1, 0.15) is 33.4 Å². The largest absolute Gasteiger partial charge is 0.497 e. The van der Waals surface area contributed by atoms with Gasteiger partial charge in [-0.1, -0.05) is 91.0 Å². The van der Waals surface area contributed by atoms with Gasteiger partial charge in [0.25, 0.3) is 0 Å². The fourth-order valence-corrected chi connectivity index (χ4v) is 4.46. The molecule has 0 atom stereocenters. The first-order valence-corrected chi connectivity index (χ1v) is 12.5. The van der Waals surface area contributed by atoms with Crippen molar-refractivity contribution in [2.45, 2.75) is 0 Å². The summed E-state index contributed by atoms with van der Waals surface area (Å²) in [6.45, 7) is 0. The van der Waals surface area contributed by atoms with Gasteiger partial charge >= 0.3 is 0 Å². The van der Waals surface area contributed by atoms with Crippen LogP contribution < -0.4 is 9.47 Å². The summed E-state index contributed by atoms with van der Waals surface area (Å²) in [7, 11) is 3.38. The van der Waals surface area contributed by atoms with Crippen LogP contribution in [-0.2, 0) is 0 Å². The number of pyridine rings is 1. The molecule has 0 saturated carbocycles. The van der Waals surface area contributed by atoms with Gasteiger partial charge in [0, 0.05) is 12.4 Å². The van der Waals surface area contributed by atoms with E-state index < -0.39 is 0 Å². The van der Waals surface area contributed by atoms with Gasteiger partial charge in [0.1, 0.15) is 11.5 Å². The minimum Gasteiger partial charge on any atom is -0.497 e. The van der Waals surface area contributed by atoms with Crippen LogP contribution in [0.2, 0.25) is 0 Å². The third kappa shape index (κ3) is 5.74. The van der Waals surface area contributed by atoms with E-state index in [1.54, 1.807) is 26.6 Å². The molecule has 5 aromatic rings. The number of nitrogens with zero attached hydrogens (tertiary/aromatic N) is 1. The van der Waals surface area contributed by atoms with Gasteiger partial charge in [-0.15, -0.1) is 0 Å². The van der Waals surface area contributed by atoms with Gasteiger partial charge in [0.15, 0.2) is 0 Å². The zero-order valence-corrected chi connectivity index (χ0v) is 21.5. The number of ether oxygens (including phenoxy) is 2. The SMILES string of the molecule is COc1ccc(C(=C(c2ccccc2)c2ccc(/C=C/c3ccncc3)cc2)c2ccc(OC)cc2)cc1. The summed E-state index contributed by atoms with van der Waals surface area (Å²) in [5, 5.41) is 0. The predicted molar refractivity (Wildman–Crippen MR) is 157 cm³/mol. The maximum atomic E-state index is 5.44. The molecule has 3 heteroatoms. The van der Waals surface area contributed by atoms with E-state index in [2.05, 4.69) is 96.0 Å². The summed E-state index contributed by atoms with van der Waals surface area (Å²) < 4.78 is 10.9. The lowest BCUT2D eigenvalue weighted by Crippen LogP contribution is -1.98. The zero-order chi connectivity index (χ0) is 26.2. The van der Waals surface area contributed by atoms with E-state index in [-0.39, 0.29) is 0 Å². The van der Waals surface area contributed by atoms with Crippen molar-refractivity contribution in [2.75, 3.05) is 14.2 Å². The molecule has 0 unspecified atom stereocenters. The van der Waals surface area contributed by atoms with Crippen LogP contribution in [0.3, 0.4) is 0 Å². The van der Waals surface area contributed by atoms with Gasteiger partial charge in [0.2, 0.25) is 0 Å². The van der Waals surface area contributed by atoms with Crippen molar-refractivity contribution in [1.29, 1.82) is 0 Å². The number of methoxy groups -OCH3 is 2. The molecular formula is C35H29NO2. The molecule has 0 radical (unpaired) electrons. The van der Waals surface area contributed by atoms with Crippen LogP contribution in [-0.4, -0.2) is 19.2 Å². The van der Waals surface area contributed by atoms with E-state index in [9.17, 15) is 0 Å². The Bertz CT molecular complexity index is 1470. The predicted octanol–water partition coefficient (Wildman–Crippen LogP) is 8.28. The maximum Gasteiger partial charge on any atom is 0.118 e. The molecule has 0 fully saturated rings. The lowest BCUT2D eigenvalue weighted by atomic mass is 9.85. The minimum absolute atomic E-state index is 0.828. The molecule has 0 aliphatic carbocycles. The maximum absolute atomic E-state index is 5.44. The molecule has 0 spiro atoms. The third-order valence-electron chi connectivity index (χ3n) is 6.44. The number of aromatic nitrogens is 1. The average molecular weight is 496 g/mol. The summed E-state index contributed by atoms with van der Waals surface area (Å²) >= 11 is 0. The zero-order valence-electron chi connectivity index (χ0n) is 21.5. The molecular weight excluding hydrogens is 466 g/mol. The molecule has 0 N–H and O–H groups in total. The van der Waals surface area contributed by atoms with Gasteiger partial charge in [0.05, 0.1) is 14.2 Å². The average Bonchev–Trinajstić information content (AvgIpc) is 3.00. The van der Waals surface area contributed by atoms with E-state index in [0.717, 1.165) is 56.0 Å². The lowest BCUT2D eigenvalue weighted by molar-refractivity contribution is 0.414. The van der Waals surface area contributed by atoms with Crippen LogP contribution >= 0.6 is 0 Å². The Kier molecular flexibility index (Phi) is 7.76. The first kappa shape index (κ1) is 24.8. The fourth-order valence-electron chi connectivity index (χ4n) is 4.46. The number of hydrogen-bond donors (Lipinski definition) is 0. The number of benzene rings is 4. The molecule has 3 nitrogen and oxygen atoms in total. The Labute approximate surface area is 224 Å². The second kappa shape index (κ2) is 11.9. The summed E-state index contributed by atoms with van der Waals surface area (Å²) in [6, 6.07) is 39.8. The molecule has 4 aromatic carbocycles. The first-order chi connectivity index (χ1) is 18.7. The Morgan fingerprint density at radius 2 is 0.868 bits per heavy atom. The van der Waals surface area contributed by atoms with Crippen molar-refractivity contribution in [3.05, 3.63) is 161 Å². The van der Waals surface area contributed by atoms with Gasteiger partial charge in [-0.25, -0.2) is 0 Å². The van der Waals surface area contributed by atoms with E-state index in [4.69, 9.17) is 9.47 Å². The van der Waals surface area contributed by atoms with Gasteiger partial charge in [-0.05, 0) is 80.9 Å². The highest BCUT2D eigenvalue weighted by molar-refractivity contribution is 6.04. The molecule has 1 aromatic heterocycles. The fraction of sp³-hybridized carbons (Fsp3) is 0.0571. The Morgan fingerprint density at radius 1 is 0.474 bits per heavy atom. The molecule has 0 bridgehead atoms. The molecule has 186 valence electrons. The van der Waals surface area contributed by atoms with E-state index in [1.165, 1.54) is 0 Å². The highest BCUT2D eigenvalue weighted by Crippen LogP contribution is 2.38. The van der Waals surface area contributed by atoms with Crippen LogP contribution in [0.4, 0.5) is 0 Å². The summed E-state index contributed by atoms with van der Waals surface area (Å²) in [6.07, 6.45) is 7.84. The third-order valence-corrected chi connectivity index (χ3v) is 6.44. The van der Waals surface area contributed by atoms with Crippen molar-refractivity contribution < 1.29 is 9.47 Å². The molecule has 5 rings (SSSR count). The Hall–Kier alpha value is -4.89. The quantitative estimate of drug-likeness (QED) is 0.203. The number of rotatable bonds is 8. The molecule has 0 amide bonds. The summed E-state index contributed by atoms with van der Waals surface area (Å²) in [5.41, 5.74) is 9.05. The Morgan fingerprint density at radius 3 is 1.32 bits per heavy atom. The second-order valence-corrected chi connectivity index (χ2v) is 8.81. The smallest absolute Gasteiger partial charge is 0.118 e. The van der Waals surface area contributed by atoms with E-state index in [0.29, 0.717) is 0 Å². The van der Waals surface area contributed by atoms with E-state index in [1.807, 2.05) is 36.4 Å². The molecule has 1 heterocycles. The van der Waals surface area contributed by atoms with Crippen LogP contribution in [0.5, 0.6) is 11.5 Å². The van der Waals surface area contributed by atoms with Gasteiger partial charge in [-0.3, -0.25) is 4.98 Å².